The van der Waals surface area contributed by atoms with Gasteiger partial charge in [0.1, 0.15) is 18.2 Å². The van der Waals surface area contributed by atoms with Crippen molar-refractivity contribution in [2.24, 2.45) is 0 Å². The van der Waals surface area contributed by atoms with Crippen molar-refractivity contribution in [2.45, 2.75) is 13.8 Å². The molecule has 0 saturated heterocycles. The van der Waals surface area contributed by atoms with Gasteiger partial charge in [-0.15, -0.1) is 0 Å². The van der Waals surface area contributed by atoms with Gasteiger partial charge in [0.2, 0.25) is 0 Å². The summed E-state index contributed by atoms with van der Waals surface area (Å²) in [7, 11) is 0. The molecule has 0 fully saturated rings. The fourth-order valence-corrected chi connectivity index (χ4v) is 2.20. The van der Waals surface area contributed by atoms with Crippen LogP contribution in [0.2, 0.25) is 0 Å². The van der Waals surface area contributed by atoms with Gasteiger partial charge in [0.15, 0.2) is 5.78 Å². The van der Waals surface area contributed by atoms with Gasteiger partial charge in [-0.05, 0) is 26.0 Å². The number of aryl methyl sites for hydroxylation is 1. The normalized spacial score (nSPS) is 10.5. The molecule has 0 saturated carbocycles. The first-order valence-corrected chi connectivity index (χ1v) is 7.35. The van der Waals surface area contributed by atoms with Gasteiger partial charge in [-0.2, -0.15) is 14.8 Å². The first kappa shape index (κ1) is 16.2. The van der Waals surface area contributed by atoms with E-state index in [-0.39, 0.29) is 17.4 Å². The number of aromatic nitrogens is 4. The third-order valence-electron chi connectivity index (χ3n) is 3.37. The molecular formula is C16H14N6O3. The second-order valence-electron chi connectivity index (χ2n) is 5.36. The van der Waals surface area contributed by atoms with Crippen LogP contribution < -0.4 is 5.32 Å². The highest BCUT2D eigenvalue weighted by Gasteiger charge is 2.13. The molecule has 2 aromatic heterocycles. The van der Waals surface area contributed by atoms with Crippen LogP contribution in [0.15, 0.2) is 42.7 Å². The lowest BCUT2D eigenvalue weighted by Crippen LogP contribution is -2.06. The van der Waals surface area contributed by atoms with Crippen molar-refractivity contribution >= 4 is 23.0 Å². The number of carbonyl (C=O) groups excluding carboxylic acids is 1. The molecule has 9 nitrogen and oxygen atoms in total. The fourth-order valence-electron chi connectivity index (χ4n) is 2.20. The standard InChI is InChI=1S/C16H14N6O3/c1-10-6-15(19-13-5-3-4-12(7-13)11(2)23)20-16(18-10)21-9-14(8-17-21)22(24)25/h3-9H,1-2H3,(H,18,19,20). The zero-order valence-corrected chi connectivity index (χ0v) is 13.5. The molecule has 2 heterocycles. The molecule has 126 valence electrons. The number of nitro groups is 1. The molecule has 0 atom stereocenters. The fraction of sp³-hybridized carbons (Fsp3) is 0.125. The minimum absolute atomic E-state index is 0.0351. The zero-order valence-electron chi connectivity index (χ0n) is 13.5. The van der Waals surface area contributed by atoms with E-state index in [0.717, 1.165) is 6.20 Å². The van der Waals surface area contributed by atoms with Crippen molar-refractivity contribution in [1.29, 1.82) is 0 Å². The number of hydrogen-bond acceptors (Lipinski definition) is 7. The van der Waals surface area contributed by atoms with E-state index in [4.69, 9.17) is 0 Å². The van der Waals surface area contributed by atoms with Crippen molar-refractivity contribution in [2.75, 3.05) is 5.32 Å². The van der Waals surface area contributed by atoms with Crippen molar-refractivity contribution in [3.05, 3.63) is 64.1 Å². The molecule has 1 aromatic carbocycles. The first-order valence-electron chi connectivity index (χ1n) is 7.35. The molecular weight excluding hydrogens is 324 g/mol. The average molecular weight is 338 g/mol. The average Bonchev–Trinajstić information content (AvgIpc) is 3.05. The van der Waals surface area contributed by atoms with Gasteiger partial charge in [0.05, 0.1) is 4.92 Å². The van der Waals surface area contributed by atoms with Crippen molar-refractivity contribution < 1.29 is 9.72 Å². The lowest BCUT2D eigenvalue weighted by molar-refractivity contribution is -0.384. The highest BCUT2D eigenvalue weighted by atomic mass is 16.6. The van der Waals surface area contributed by atoms with Gasteiger partial charge in [0.25, 0.3) is 5.95 Å². The van der Waals surface area contributed by atoms with E-state index in [2.05, 4.69) is 20.4 Å². The summed E-state index contributed by atoms with van der Waals surface area (Å²) in [5, 5.41) is 17.8. The van der Waals surface area contributed by atoms with Crippen LogP contribution in [0.25, 0.3) is 5.95 Å². The van der Waals surface area contributed by atoms with Crippen LogP contribution in [0.1, 0.15) is 23.0 Å². The number of carbonyl (C=O) groups is 1. The second kappa shape index (κ2) is 6.48. The molecule has 0 spiro atoms. The molecule has 0 bridgehead atoms. The number of Topliss-reactive ketones (excluding diaryl/α,β-unsaturated/α-hetero) is 1. The summed E-state index contributed by atoms with van der Waals surface area (Å²) in [6, 6.07) is 8.75. The van der Waals surface area contributed by atoms with Crippen LogP contribution in [0.5, 0.6) is 0 Å². The molecule has 0 radical (unpaired) electrons. The number of benzene rings is 1. The van der Waals surface area contributed by atoms with Crippen LogP contribution in [-0.2, 0) is 0 Å². The number of hydrogen-bond donors (Lipinski definition) is 1. The van der Waals surface area contributed by atoms with E-state index in [1.54, 1.807) is 31.2 Å². The number of rotatable bonds is 5. The summed E-state index contributed by atoms with van der Waals surface area (Å²) in [6.45, 7) is 3.27. The molecule has 3 rings (SSSR count). The molecule has 3 aromatic rings. The largest absolute Gasteiger partial charge is 0.340 e. The summed E-state index contributed by atoms with van der Waals surface area (Å²) < 4.78 is 1.24. The molecule has 0 amide bonds. The van der Waals surface area contributed by atoms with Crippen LogP contribution in [0.4, 0.5) is 17.2 Å². The Kier molecular flexibility index (Phi) is 4.21. The van der Waals surface area contributed by atoms with E-state index in [0.29, 0.717) is 22.8 Å². The number of nitrogens with zero attached hydrogens (tertiary/aromatic N) is 5. The molecule has 1 N–H and O–H groups in total. The Balaban J connectivity index is 1.92. The predicted octanol–water partition coefficient (Wildman–Crippen LogP) is 2.83. The molecule has 25 heavy (non-hydrogen) atoms. The lowest BCUT2D eigenvalue weighted by Gasteiger charge is -2.09. The highest BCUT2D eigenvalue weighted by molar-refractivity contribution is 5.95. The lowest BCUT2D eigenvalue weighted by atomic mass is 10.1. The summed E-state index contributed by atoms with van der Waals surface area (Å²) >= 11 is 0. The van der Waals surface area contributed by atoms with Crippen LogP contribution in [0.3, 0.4) is 0 Å². The SMILES string of the molecule is CC(=O)c1cccc(Nc2cc(C)nc(-n3cc([N+](=O)[O-])cn3)n2)c1. The summed E-state index contributed by atoms with van der Waals surface area (Å²) in [6.07, 6.45) is 2.38. The monoisotopic (exact) mass is 338 g/mol. The Morgan fingerprint density at radius 2 is 2.08 bits per heavy atom. The Hall–Kier alpha value is -3.62. The summed E-state index contributed by atoms with van der Waals surface area (Å²) in [5.74, 6) is 0.659. The van der Waals surface area contributed by atoms with E-state index in [9.17, 15) is 14.9 Å². The van der Waals surface area contributed by atoms with E-state index in [1.807, 2.05) is 6.07 Å². The predicted molar refractivity (Wildman–Crippen MR) is 90.3 cm³/mol. The van der Waals surface area contributed by atoms with Crippen molar-refractivity contribution in [3.63, 3.8) is 0 Å². The summed E-state index contributed by atoms with van der Waals surface area (Å²) in [4.78, 5) is 30.3. The van der Waals surface area contributed by atoms with E-state index in [1.165, 1.54) is 17.8 Å². The highest BCUT2D eigenvalue weighted by Crippen LogP contribution is 2.19. The minimum Gasteiger partial charge on any atom is -0.340 e. The maximum atomic E-state index is 11.5. The minimum atomic E-state index is -0.536. The van der Waals surface area contributed by atoms with Crippen LogP contribution >= 0.6 is 0 Å². The van der Waals surface area contributed by atoms with Gasteiger partial charge in [0, 0.05) is 23.0 Å². The van der Waals surface area contributed by atoms with Gasteiger partial charge in [-0.1, -0.05) is 12.1 Å². The third kappa shape index (κ3) is 3.66. The number of ketones is 1. The van der Waals surface area contributed by atoms with Crippen LogP contribution in [-0.4, -0.2) is 30.5 Å². The van der Waals surface area contributed by atoms with Gasteiger partial charge >= 0.3 is 5.69 Å². The Morgan fingerprint density at radius 3 is 2.76 bits per heavy atom. The van der Waals surface area contributed by atoms with Gasteiger partial charge < -0.3 is 5.32 Å². The van der Waals surface area contributed by atoms with Gasteiger partial charge in [-0.3, -0.25) is 14.9 Å². The molecule has 0 aliphatic heterocycles. The van der Waals surface area contributed by atoms with Crippen molar-refractivity contribution in [3.8, 4) is 5.95 Å². The van der Waals surface area contributed by atoms with Crippen LogP contribution in [0, 0.1) is 17.0 Å². The Morgan fingerprint density at radius 1 is 1.28 bits per heavy atom. The van der Waals surface area contributed by atoms with E-state index < -0.39 is 4.92 Å². The second-order valence-corrected chi connectivity index (χ2v) is 5.36. The van der Waals surface area contributed by atoms with Crippen molar-refractivity contribution in [1.82, 2.24) is 19.7 Å². The van der Waals surface area contributed by atoms with E-state index >= 15 is 0 Å². The number of anilines is 2. The quantitative estimate of drug-likeness (QED) is 0.432. The van der Waals surface area contributed by atoms with Gasteiger partial charge in [-0.25, -0.2) is 4.98 Å². The molecule has 0 aliphatic carbocycles. The first-order chi connectivity index (χ1) is 11.9. The Bertz CT molecular complexity index is 966. The summed E-state index contributed by atoms with van der Waals surface area (Å²) in [5.41, 5.74) is 1.80. The third-order valence-corrected chi connectivity index (χ3v) is 3.37. The molecule has 0 unspecified atom stereocenters. The maximum Gasteiger partial charge on any atom is 0.307 e. The Labute approximate surface area is 142 Å². The molecule has 0 aliphatic rings. The zero-order chi connectivity index (χ0) is 18.0. The topological polar surface area (TPSA) is 116 Å². The molecule has 9 heteroatoms. The number of nitrogens with one attached hydrogen (secondary N) is 1. The smallest absolute Gasteiger partial charge is 0.307 e. The maximum absolute atomic E-state index is 11.5.